The largest absolute Gasteiger partial charge is 0.351 e. The highest BCUT2D eigenvalue weighted by Gasteiger charge is 2.18. The van der Waals surface area contributed by atoms with Crippen molar-refractivity contribution in [1.82, 2.24) is 10.6 Å². The molecule has 94 valence electrons. The molecule has 1 rings (SSSR count). The molecule has 1 amide bonds. The normalized spacial score (nSPS) is 11.3. The Morgan fingerprint density at radius 3 is 2.65 bits per heavy atom. The Labute approximate surface area is 111 Å². The SMILES string of the molecule is CNCC(C)(C)CNC(=O)c1cccc(Br)c1. The van der Waals surface area contributed by atoms with E-state index in [2.05, 4.69) is 40.4 Å². The highest BCUT2D eigenvalue weighted by molar-refractivity contribution is 9.10. The number of benzene rings is 1. The molecule has 0 saturated carbocycles. The first-order chi connectivity index (χ1) is 7.94. The van der Waals surface area contributed by atoms with Crippen LogP contribution in [0.15, 0.2) is 28.7 Å². The van der Waals surface area contributed by atoms with E-state index in [0.717, 1.165) is 11.0 Å². The van der Waals surface area contributed by atoms with E-state index in [-0.39, 0.29) is 11.3 Å². The molecule has 0 bridgehead atoms. The van der Waals surface area contributed by atoms with Crippen molar-refractivity contribution >= 4 is 21.8 Å². The van der Waals surface area contributed by atoms with Crippen LogP contribution in [0.1, 0.15) is 24.2 Å². The summed E-state index contributed by atoms with van der Waals surface area (Å²) in [6.07, 6.45) is 0. The Bertz CT molecular complexity index is 391. The Morgan fingerprint density at radius 2 is 2.06 bits per heavy atom. The second kappa shape index (κ2) is 6.17. The van der Waals surface area contributed by atoms with E-state index in [4.69, 9.17) is 0 Å². The van der Waals surface area contributed by atoms with Gasteiger partial charge in [-0.15, -0.1) is 0 Å². The predicted molar refractivity (Wildman–Crippen MR) is 74.2 cm³/mol. The van der Waals surface area contributed by atoms with E-state index in [0.29, 0.717) is 12.1 Å². The van der Waals surface area contributed by atoms with E-state index in [9.17, 15) is 4.79 Å². The van der Waals surface area contributed by atoms with Gasteiger partial charge in [0.1, 0.15) is 0 Å². The van der Waals surface area contributed by atoms with Crippen LogP contribution in [0.4, 0.5) is 0 Å². The molecule has 0 fully saturated rings. The van der Waals surface area contributed by atoms with Gasteiger partial charge in [-0.05, 0) is 30.7 Å². The molecule has 2 N–H and O–H groups in total. The number of hydrogen-bond donors (Lipinski definition) is 2. The van der Waals surface area contributed by atoms with E-state index in [1.54, 1.807) is 0 Å². The molecule has 0 unspecified atom stereocenters. The smallest absolute Gasteiger partial charge is 0.251 e. The van der Waals surface area contributed by atoms with Crippen LogP contribution in [0.5, 0.6) is 0 Å². The summed E-state index contributed by atoms with van der Waals surface area (Å²) in [6, 6.07) is 7.39. The topological polar surface area (TPSA) is 41.1 Å². The van der Waals surface area contributed by atoms with Crippen LogP contribution < -0.4 is 10.6 Å². The van der Waals surface area contributed by atoms with Crippen molar-refractivity contribution in [2.24, 2.45) is 5.41 Å². The minimum Gasteiger partial charge on any atom is -0.351 e. The number of rotatable bonds is 5. The van der Waals surface area contributed by atoms with Crippen molar-refractivity contribution in [3.8, 4) is 0 Å². The second-order valence-corrected chi connectivity index (χ2v) is 5.80. The number of hydrogen-bond acceptors (Lipinski definition) is 2. The van der Waals surface area contributed by atoms with Crippen molar-refractivity contribution in [1.29, 1.82) is 0 Å². The first-order valence-electron chi connectivity index (χ1n) is 5.63. The number of amides is 1. The number of nitrogens with one attached hydrogen (secondary N) is 2. The van der Waals surface area contributed by atoms with Crippen LogP contribution in [0, 0.1) is 5.41 Å². The Kier molecular flexibility index (Phi) is 5.15. The molecule has 4 heteroatoms. The van der Waals surface area contributed by atoms with Crippen molar-refractivity contribution in [3.05, 3.63) is 34.3 Å². The number of carbonyl (C=O) groups excluding carboxylic acids is 1. The molecule has 0 atom stereocenters. The van der Waals surface area contributed by atoms with Gasteiger partial charge in [-0.3, -0.25) is 4.79 Å². The van der Waals surface area contributed by atoms with Gasteiger partial charge in [0.15, 0.2) is 0 Å². The molecule has 0 heterocycles. The molecule has 0 saturated heterocycles. The van der Waals surface area contributed by atoms with E-state index in [1.165, 1.54) is 0 Å². The third-order valence-corrected chi connectivity index (χ3v) is 2.96. The van der Waals surface area contributed by atoms with Crippen LogP contribution >= 0.6 is 15.9 Å². The van der Waals surface area contributed by atoms with Gasteiger partial charge in [-0.25, -0.2) is 0 Å². The molecular formula is C13H19BrN2O. The van der Waals surface area contributed by atoms with Crippen molar-refractivity contribution in [2.75, 3.05) is 20.1 Å². The van der Waals surface area contributed by atoms with Crippen LogP contribution in [-0.4, -0.2) is 26.0 Å². The van der Waals surface area contributed by atoms with Gasteiger partial charge < -0.3 is 10.6 Å². The number of halogens is 1. The van der Waals surface area contributed by atoms with E-state index in [1.807, 2.05) is 31.3 Å². The summed E-state index contributed by atoms with van der Waals surface area (Å²) in [7, 11) is 1.91. The molecule has 1 aromatic rings. The standard InChI is InChI=1S/C13H19BrN2O/c1-13(2,8-15-3)9-16-12(17)10-5-4-6-11(14)7-10/h4-7,15H,8-9H2,1-3H3,(H,16,17). The Balaban J connectivity index is 2.56. The molecule has 0 radical (unpaired) electrons. The molecule has 17 heavy (non-hydrogen) atoms. The molecule has 0 aliphatic rings. The quantitative estimate of drug-likeness (QED) is 0.877. The average molecular weight is 299 g/mol. The molecule has 0 spiro atoms. The maximum absolute atomic E-state index is 11.9. The molecule has 0 aromatic heterocycles. The maximum atomic E-state index is 11.9. The molecule has 1 aromatic carbocycles. The maximum Gasteiger partial charge on any atom is 0.251 e. The Hall–Kier alpha value is -0.870. The third-order valence-electron chi connectivity index (χ3n) is 2.47. The molecule has 0 aliphatic carbocycles. The summed E-state index contributed by atoms with van der Waals surface area (Å²) in [4.78, 5) is 11.9. The zero-order valence-corrected chi connectivity index (χ0v) is 12.1. The fourth-order valence-electron chi connectivity index (χ4n) is 1.59. The summed E-state index contributed by atoms with van der Waals surface area (Å²) in [5, 5.41) is 6.07. The minimum atomic E-state index is -0.0320. The molecular weight excluding hydrogens is 280 g/mol. The van der Waals surface area contributed by atoms with Gasteiger partial charge in [0.2, 0.25) is 0 Å². The van der Waals surface area contributed by atoms with E-state index >= 15 is 0 Å². The van der Waals surface area contributed by atoms with E-state index < -0.39 is 0 Å². The zero-order valence-electron chi connectivity index (χ0n) is 10.5. The summed E-state index contributed by atoms with van der Waals surface area (Å²) in [5.74, 6) is -0.0320. The molecule has 3 nitrogen and oxygen atoms in total. The number of carbonyl (C=O) groups is 1. The third kappa shape index (κ3) is 4.88. The fraction of sp³-hybridized carbons (Fsp3) is 0.462. The predicted octanol–water partition coefficient (Wildman–Crippen LogP) is 2.42. The van der Waals surface area contributed by atoms with Crippen LogP contribution in [0.3, 0.4) is 0 Å². The van der Waals surface area contributed by atoms with Gasteiger partial charge >= 0.3 is 0 Å². The first-order valence-corrected chi connectivity index (χ1v) is 6.42. The first kappa shape index (κ1) is 14.2. The van der Waals surface area contributed by atoms with Crippen LogP contribution in [0.25, 0.3) is 0 Å². The average Bonchev–Trinajstić information content (AvgIpc) is 2.26. The fourth-order valence-corrected chi connectivity index (χ4v) is 1.99. The van der Waals surface area contributed by atoms with Crippen LogP contribution in [-0.2, 0) is 0 Å². The van der Waals surface area contributed by atoms with Crippen molar-refractivity contribution in [2.45, 2.75) is 13.8 Å². The summed E-state index contributed by atoms with van der Waals surface area (Å²) < 4.78 is 0.916. The lowest BCUT2D eigenvalue weighted by Crippen LogP contribution is -2.39. The highest BCUT2D eigenvalue weighted by atomic mass is 79.9. The van der Waals surface area contributed by atoms with Gasteiger partial charge in [0.05, 0.1) is 0 Å². The lowest BCUT2D eigenvalue weighted by molar-refractivity contribution is 0.0936. The Morgan fingerprint density at radius 1 is 1.35 bits per heavy atom. The van der Waals surface area contributed by atoms with Gasteiger partial charge in [-0.1, -0.05) is 35.8 Å². The lowest BCUT2D eigenvalue weighted by Gasteiger charge is -2.24. The monoisotopic (exact) mass is 298 g/mol. The van der Waals surface area contributed by atoms with Crippen molar-refractivity contribution < 1.29 is 4.79 Å². The minimum absolute atomic E-state index is 0.0320. The molecule has 0 aliphatic heterocycles. The van der Waals surface area contributed by atoms with Crippen LogP contribution in [0.2, 0.25) is 0 Å². The highest BCUT2D eigenvalue weighted by Crippen LogP contribution is 2.14. The van der Waals surface area contributed by atoms with Crippen molar-refractivity contribution in [3.63, 3.8) is 0 Å². The van der Waals surface area contributed by atoms with Gasteiger partial charge in [-0.2, -0.15) is 0 Å². The second-order valence-electron chi connectivity index (χ2n) is 4.89. The lowest BCUT2D eigenvalue weighted by atomic mass is 9.93. The summed E-state index contributed by atoms with van der Waals surface area (Å²) in [6.45, 7) is 5.75. The van der Waals surface area contributed by atoms with Gasteiger partial charge in [0, 0.05) is 23.1 Å². The summed E-state index contributed by atoms with van der Waals surface area (Å²) in [5.41, 5.74) is 0.732. The van der Waals surface area contributed by atoms with Gasteiger partial charge in [0.25, 0.3) is 5.91 Å². The summed E-state index contributed by atoms with van der Waals surface area (Å²) >= 11 is 3.36. The zero-order chi connectivity index (χ0) is 12.9.